The molecule has 0 saturated carbocycles. The Labute approximate surface area is 93.2 Å². The Kier molecular flexibility index (Phi) is 3.42. The molecule has 0 amide bonds. The van der Waals surface area contributed by atoms with Crippen LogP contribution in [-0.4, -0.2) is 6.18 Å². The Balaban J connectivity index is 3.14. The Hall–Kier alpha value is -1.24. The van der Waals surface area contributed by atoms with Crippen molar-refractivity contribution in [3.8, 4) is 0 Å². The predicted molar refractivity (Wildman–Crippen MR) is 49.2 cm³/mol. The highest BCUT2D eigenvalue weighted by Crippen LogP contribution is 2.35. The molecular formula is C10H9F6N. The van der Waals surface area contributed by atoms with Crippen molar-refractivity contribution in [1.29, 1.82) is 0 Å². The summed E-state index contributed by atoms with van der Waals surface area (Å²) in [4.78, 5) is 0. The zero-order valence-electron chi connectivity index (χ0n) is 8.65. The second kappa shape index (κ2) is 4.21. The smallest absolute Gasteiger partial charge is 0.316 e. The van der Waals surface area contributed by atoms with E-state index in [1.165, 1.54) is 0 Å². The minimum absolute atomic E-state index is 0.283. The fourth-order valence-electron chi connectivity index (χ4n) is 1.39. The van der Waals surface area contributed by atoms with Crippen molar-refractivity contribution >= 4 is 0 Å². The van der Waals surface area contributed by atoms with Crippen LogP contribution in [0, 0.1) is 6.92 Å². The molecule has 1 aromatic carbocycles. The minimum Gasteiger partial charge on any atom is -0.316 e. The number of rotatable bonds is 1. The molecule has 1 atom stereocenters. The summed E-state index contributed by atoms with van der Waals surface area (Å²) in [6.07, 6.45) is -9.25. The molecule has 0 saturated heterocycles. The van der Waals surface area contributed by atoms with Gasteiger partial charge in [0.15, 0.2) is 0 Å². The van der Waals surface area contributed by atoms with Gasteiger partial charge >= 0.3 is 12.4 Å². The van der Waals surface area contributed by atoms with Gasteiger partial charge < -0.3 is 5.73 Å². The number of hydrogen-bond donors (Lipinski definition) is 1. The van der Waals surface area contributed by atoms with Crippen LogP contribution in [0.25, 0.3) is 0 Å². The van der Waals surface area contributed by atoms with E-state index in [1.807, 2.05) is 0 Å². The first kappa shape index (κ1) is 13.8. The van der Waals surface area contributed by atoms with Crippen molar-refractivity contribution < 1.29 is 26.3 Å². The Morgan fingerprint density at radius 2 is 1.59 bits per heavy atom. The van der Waals surface area contributed by atoms with Crippen LogP contribution in [0.15, 0.2) is 18.2 Å². The third-order valence-corrected chi connectivity index (χ3v) is 2.27. The molecule has 0 heterocycles. The van der Waals surface area contributed by atoms with E-state index in [-0.39, 0.29) is 11.1 Å². The molecule has 1 rings (SSSR count). The molecule has 0 bridgehead atoms. The maximum Gasteiger partial charge on any atom is 0.416 e. The average Bonchev–Trinajstić information content (AvgIpc) is 2.12. The fourth-order valence-corrected chi connectivity index (χ4v) is 1.39. The van der Waals surface area contributed by atoms with E-state index in [1.54, 1.807) is 0 Å². The SMILES string of the molecule is Cc1cc([C@@H](N)C(F)(F)F)ccc1C(F)(F)F. The van der Waals surface area contributed by atoms with E-state index >= 15 is 0 Å². The Bertz CT molecular complexity index is 406. The predicted octanol–water partition coefficient (Wildman–Crippen LogP) is 3.58. The van der Waals surface area contributed by atoms with Crippen LogP contribution < -0.4 is 5.73 Å². The number of benzene rings is 1. The third kappa shape index (κ3) is 3.12. The minimum atomic E-state index is -4.67. The zero-order chi connectivity index (χ0) is 13.4. The van der Waals surface area contributed by atoms with Crippen LogP contribution >= 0.6 is 0 Å². The molecule has 1 aromatic rings. The highest BCUT2D eigenvalue weighted by molar-refractivity contribution is 5.34. The molecule has 0 spiro atoms. The lowest BCUT2D eigenvalue weighted by Gasteiger charge is -2.18. The molecule has 0 aliphatic carbocycles. The van der Waals surface area contributed by atoms with Crippen LogP contribution in [0.3, 0.4) is 0 Å². The highest BCUT2D eigenvalue weighted by Gasteiger charge is 2.39. The second-order valence-electron chi connectivity index (χ2n) is 3.59. The summed E-state index contributed by atoms with van der Waals surface area (Å²) in [6, 6.07) is -0.117. The maximum absolute atomic E-state index is 12.4. The Morgan fingerprint density at radius 1 is 1.06 bits per heavy atom. The molecule has 0 unspecified atom stereocenters. The molecule has 0 aliphatic heterocycles. The van der Waals surface area contributed by atoms with Gasteiger partial charge in [0, 0.05) is 0 Å². The maximum atomic E-state index is 12.4. The quantitative estimate of drug-likeness (QED) is 0.764. The normalized spacial score (nSPS) is 14.8. The summed E-state index contributed by atoms with van der Waals surface area (Å²) in [7, 11) is 0. The van der Waals surface area contributed by atoms with Crippen molar-refractivity contribution in [2.45, 2.75) is 25.3 Å². The average molecular weight is 257 g/mol. The highest BCUT2D eigenvalue weighted by atomic mass is 19.4. The van der Waals surface area contributed by atoms with E-state index in [2.05, 4.69) is 0 Å². The van der Waals surface area contributed by atoms with Gasteiger partial charge in [0.05, 0.1) is 5.56 Å². The monoisotopic (exact) mass is 257 g/mol. The molecule has 0 aliphatic rings. The first-order valence-electron chi connectivity index (χ1n) is 4.53. The number of nitrogens with two attached hydrogens (primary N) is 1. The molecule has 0 fully saturated rings. The number of halogens is 6. The van der Waals surface area contributed by atoms with Gasteiger partial charge in [-0.05, 0) is 24.1 Å². The molecule has 0 radical (unpaired) electrons. The van der Waals surface area contributed by atoms with Gasteiger partial charge in [-0.2, -0.15) is 26.3 Å². The van der Waals surface area contributed by atoms with Gasteiger partial charge in [-0.1, -0.05) is 12.1 Å². The van der Waals surface area contributed by atoms with Crippen molar-refractivity contribution in [2.75, 3.05) is 0 Å². The van der Waals surface area contributed by atoms with Crippen molar-refractivity contribution in [1.82, 2.24) is 0 Å². The second-order valence-corrected chi connectivity index (χ2v) is 3.59. The first-order chi connectivity index (χ1) is 7.53. The standard InChI is InChI=1S/C10H9F6N/c1-5-4-6(8(17)10(14,15)16)2-3-7(5)9(11,12)13/h2-4,8H,17H2,1H3/t8-/m1/s1. The third-order valence-electron chi connectivity index (χ3n) is 2.27. The van der Waals surface area contributed by atoms with Crippen molar-refractivity contribution in [3.63, 3.8) is 0 Å². The van der Waals surface area contributed by atoms with E-state index in [4.69, 9.17) is 5.73 Å². The molecule has 2 N–H and O–H groups in total. The van der Waals surface area contributed by atoms with E-state index in [9.17, 15) is 26.3 Å². The van der Waals surface area contributed by atoms with Crippen LogP contribution in [0.1, 0.15) is 22.7 Å². The molecule has 17 heavy (non-hydrogen) atoms. The topological polar surface area (TPSA) is 26.0 Å². The van der Waals surface area contributed by atoms with Gasteiger partial charge in [0.1, 0.15) is 6.04 Å². The number of hydrogen-bond acceptors (Lipinski definition) is 1. The Morgan fingerprint density at radius 3 is 1.94 bits per heavy atom. The summed E-state index contributed by atoms with van der Waals surface area (Å²) < 4.78 is 73.8. The van der Waals surface area contributed by atoms with Gasteiger partial charge in [0.25, 0.3) is 0 Å². The fraction of sp³-hybridized carbons (Fsp3) is 0.400. The van der Waals surface area contributed by atoms with Crippen LogP contribution in [0.2, 0.25) is 0 Å². The van der Waals surface area contributed by atoms with Crippen LogP contribution in [-0.2, 0) is 6.18 Å². The van der Waals surface area contributed by atoms with Crippen LogP contribution in [0.4, 0.5) is 26.3 Å². The summed E-state index contributed by atoms with van der Waals surface area (Å²) in [5, 5.41) is 0. The summed E-state index contributed by atoms with van der Waals surface area (Å²) in [6.45, 7) is 1.09. The largest absolute Gasteiger partial charge is 0.416 e. The first-order valence-corrected chi connectivity index (χ1v) is 4.53. The van der Waals surface area contributed by atoms with Gasteiger partial charge in [-0.15, -0.1) is 0 Å². The van der Waals surface area contributed by atoms with Gasteiger partial charge in [-0.3, -0.25) is 0 Å². The lowest BCUT2D eigenvalue weighted by Crippen LogP contribution is -2.28. The number of aryl methyl sites for hydroxylation is 1. The van der Waals surface area contributed by atoms with E-state index in [0.717, 1.165) is 19.1 Å². The molecule has 1 nitrogen and oxygen atoms in total. The lowest BCUT2D eigenvalue weighted by atomic mass is 10.0. The summed E-state index contributed by atoms with van der Waals surface area (Å²) in [5.41, 5.74) is 3.26. The van der Waals surface area contributed by atoms with E-state index in [0.29, 0.717) is 6.07 Å². The molecule has 7 heteroatoms. The number of alkyl halides is 6. The molecule has 96 valence electrons. The van der Waals surface area contributed by atoms with E-state index < -0.39 is 24.0 Å². The van der Waals surface area contributed by atoms with Crippen LogP contribution in [0.5, 0.6) is 0 Å². The zero-order valence-corrected chi connectivity index (χ0v) is 8.65. The van der Waals surface area contributed by atoms with Gasteiger partial charge in [-0.25, -0.2) is 0 Å². The lowest BCUT2D eigenvalue weighted by molar-refractivity contribution is -0.149. The summed E-state index contributed by atoms with van der Waals surface area (Å²) in [5.74, 6) is 0. The summed E-state index contributed by atoms with van der Waals surface area (Å²) >= 11 is 0. The van der Waals surface area contributed by atoms with Crippen molar-refractivity contribution in [2.24, 2.45) is 5.73 Å². The molecular weight excluding hydrogens is 248 g/mol. The van der Waals surface area contributed by atoms with Crippen molar-refractivity contribution in [3.05, 3.63) is 34.9 Å². The molecule has 0 aromatic heterocycles. The van der Waals surface area contributed by atoms with Gasteiger partial charge in [0.2, 0.25) is 0 Å².